The maximum Gasteiger partial charge on any atom is 0.0791 e. The Morgan fingerprint density at radius 2 is 1.69 bits per heavy atom. The zero-order valence-corrected chi connectivity index (χ0v) is 18.3. The second kappa shape index (κ2) is 11.8. The summed E-state index contributed by atoms with van der Waals surface area (Å²) in [5.74, 6) is 0. The van der Waals surface area contributed by atoms with E-state index in [1.54, 1.807) is 7.11 Å². The molecule has 0 amide bonds. The first-order valence-corrected chi connectivity index (χ1v) is 11.4. The summed E-state index contributed by atoms with van der Waals surface area (Å²) >= 11 is 0. The molecule has 2 aromatic carbocycles. The second-order valence-electron chi connectivity index (χ2n) is 8.18. The lowest BCUT2D eigenvalue weighted by Crippen LogP contribution is -2.25. The minimum atomic E-state index is 0.219. The summed E-state index contributed by atoms with van der Waals surface area (Å²) in [6, 6.07) is 15.4. The summed E-state index contributed by atoms with van der Waals surface area (Å²) < 4.78 is 5.49. The van der Waals surface area contributed by atoms with Gasteiger partial charge in [0.25, 0.3) is 0 Å². The molecule has 0 bridgehead atoms. The molecule has 0 heterocycles. The summed E-state index contributed by atoms with van der Waals surface area (Å²) in [7, 11) is 1.79. The minimum absolute atomic E-state index is 0.219. The topological polar surface area (TPSA) is 12.5 Å². The molecule has 2 nitrogen and oxygen atoms in total. The number of nitrogens with zero attached hydrogens (tertiary/aromatic N) is 1. The molecular formula is C27H37NO. The monoisotopic (exact) mass is 391 g/mol. The van der Waals surface area contributed by atoms with E-state index < -0.39 is 0 Å². The number of ether oxygens (including phenoxy) is 1. The number of unbranched alkanes of at least 4 members (excludes halogenated alkanes) is 6. The fourth-order valence-electron chi connectivity index (χ4n) is 4.19. The van der Waals surface area contributed by atoms with Crippen LogP contribution in [0.3, 0.4) is 0 Å². The Hall–Kier alpha value is -2.06. The Balaban J connectivity index is 1.66. The van der Waals surface area contributed by atoms with Crippen LogP contribution in [0.2, 0.25) is 0 Å². The van der Waals surface area contributed by atoms with Crippen molar-refractivity contribution in [3.63, 3.8) is 0 Å². The van der Waals surface area contributed by atoms with Crippen LogP contribution in [0.4, 0.5) is 0 Å². The van der Waals surface area contributed by atoms with Gasteiger partial charge in [0.2, 0.25) is 0 Å². The van der Waals surface area contributed by atoms with Gasteiger partial charge in [-0.2, -0.15) is 0 Å². The van der Waals surface area contributed by atoms with Crippen molar-refractivity contribution >= 4 is 10.8 Å². The smallest absolute Gasteiger partial charge is 0.0791 e. The van der Waals surface area contributed by atoms with Crippen molar-refractivity contribution in [2.45, 2.75) is 70.9 Å². The lowest BCUT2D eigenvalue weighted by atomic mass is 10.0. The third-order valence-corrected chi connectivity index (χ3v) is 5.98. The molecule has 3 rings (SSSR count). The molecule has 0 spiro atoms. The minimum Gasteiger partial charge on any atom is -0.377 e. The van der Waals surface area contributed by atoms with E-state index >= 15 is 0 Å². The van der Waals surface area contributed by atoms with Crippen molar-refractivity contribution in [1.29, 1.82) is 0 Å². The summed E-state index contributed by atoms with van der Waals surface area (Å²) in [6.45, 7) is 4.36. The molecule has 0 saturated carbocycles. The Kier molecular flexibility index (Phi) is 8.82. The molecule has 1 unspecified atom stereocenters. The van der Waals surface area contributed by atoms with Crippen LogP contribution in [0.25, 0.3) is 10.8 Å². The summed E-state index contributed by atoms with van der Waals surface area (Å²) in [6.07, 6.45) is 17.4. The molecule has 1 atom stereocenters. The maximum absolute atomic E-state index is 5.49. The van der Waals surface area contributed by atoms with Crippen LogP contribution in [0, 0.1) is 0 Å². The second-order valence-corrected chi connectivity index (χ2v) is 8.18. The summed E-state index contributed by atoms with van der Waals surface area (Å²) in [5, 5.41) is 2.70. The number of hydrogen-bond donors (Lipinski definition) is 0. The molecule has 0 saturated heterocycles. The quantitative estimate of drug-likeness (QED) is 0.353. The lowest BCUT2D eigenvalue weighted by Gasteiger charge is -2.29. The Bertz CT molecular complexity index is 802. The van der Waals surface area contributed by atoms with Crippen LogP contribution in [0.5, 0.6) is 0 Å². The van der Waals surface area contributed by atoms with Crippen molar-refractivity contribution in [2.75, 3.05) is 13.7 Å². The van der Waals surface area contributed by atoms with E-state index in [1.807, 2.05) is 0 Å². The number of rotatable bonds is 12. The van der Waals surface area contributed by atoms with Crippen LogP contribution in [0.1, 0.15) is 63.9 Å². The standard InChI is InChI=1S/C27H37NO/c1-3-4-5-6-7-8-11-21-28(25-17-19-26(29-2)20-18-25)22-24-15-12-14-23-13-9-10-16-27(23)24/h9-10,12-19,26H,3-8,11,20-22H2,1-2H3. The summed E-state index contributed by atoms with van der Waals surface area (Å²) in [5.41, 5.74) is 2.76. The average molecular weight is 392 g/mol. The average Bonchev–Trinajstić information content (AvgIpc) is 2.78. The van der Waals surface area contributed by atoms with Gasteiger partial charge in [-0.15, -0.1) is 0 Å². The fraction of sp³-hybridized carbons (Fsp3) is 0.481. The van der Waals surface area contributed by atoms with E-state index in [2.05, 4.69) is 72.5 Å². The highest BCUT2D eigenvalue weighted by Crippen LogP contribution is 2.24. The predicted octanol–water partition coefficient (Wildman–Crippen LogP) is 7.25. The maximum atomic E-state index is 5.49. The van der Waals surface area contributed by atoms with Gasteiger partial charge < -0.3 is 9.64 Å². The molecule has 156 valence electrons. The number of hydrogen-bond acceptors (Lipinski definition) is 2. The van der Waals surface area contributed by atoms with Crippen molar-refractivity contribution < 1.29 is 4.74 Å². The Labute approximate surface area is 177 Å². The third-order valence-electron chi connectivity index (χ3n) is 5.98. The van der Waals surface area contributed by atoms with Gasteiger partial charge in [-0.25, -0.2) is 0 Å². The normalized spacial score (nSPS) is 16.2. The number of benzene rings is 2. The SMILES string of the molecule is CCCCCCCCCN(Cc1cccc2ccccc12)C1=CCC(OC)C=C1. The summed E-state index contributed by atoms with van der Waals surface area (Å²) in [4.78, 5) is 2.57. The van der Waals surface area contributed by atoms with E-state index in [0.29, 0.717) is 0 Å². The molecule has 2 heteroatoms. The van der Waals surface area contributed by atoms with Gasteiger partial charge in [0.15, 0.2) is 0 Å². The third kappa shape index (κ3) is 6.47. The van der Waals surface area contributed by atoms with Gasteiger partial charge >= 0.3 is 0 Å². The van der Waals surface area contributed by atoms with Gasteiger partial charge in [0.05, 0.1) is 6.10 Å². The molecule has 0 radical (unpaired) electrons. The molecular weight excluding hydrogens is 354 g/mol. The molecule has 0 aromatic heterocycles. The highest BCUT2D eigenvalue weighted by atomic mass is 16.5. The number of allylic oxidation sites excluding steroid dienone is 1. The Morgan fingerprint density at radius 1 is 0.931 bits per heavy atom. The van der Waals surface area contributed by atoms with E-state index in [-0.39, 0.29) is 6.10 Å². The van der Waals surface area contributed by atoms with E-state index in [4.69, 9.17) is 4.74 Å². The van der Waals surface area contributed by atoms with Crippen molar-refractivity contribution in [3.8, 4) is 0 Å². The fourth-order valence-corrected chi connectivity index (χ4v) is 4.19. The van der Waals surface area contributed by atoms with Gasteiger partial charge in [-0.3, -0.25) is 0 Å². The molecule has 0 aliphatic heterocycles. The number of fused-ring (bicyclic) bond motifs is 1. The zero-order chi connectivity index (χ0) is 20.3. The van der Waals surface area contributed by atoms with Crippen molar-refractivity contribution in [1.82, 2.24) is 4.90 Å². The van der Waals surface area contributed by atoms with E-state index in [1.165, 1.54) is 67.0 Å². The Morgan fingerprint density at radius 3 is 2.45 bits per heavy atom. The van der Waals surface area contributed by atoms with Crippen molar-refractivity contribution in [2.24, 2.45) is 0 Å². The molecule has 1 aliphatic rings. The first kappa shape index (κ1) is 21.6. The lowest BCUT2D eigenvalue weighted by molar-refractivity contribution is 0.141. The van der Waals surface area contributed by atoms with Gasteiger partial charge in [-0.05, 0) is 35.3 Å². The zero-order valence-electron chi connectivity index (χ0n) is 18.3. The molecule has 0 N–H and O–H groups in total. The van der Waals surface area contributed by atoms with Gasteiger partial charge in [0, 0.05) is 25.9 Å². The highest BCUT2D eigenvalue weighted by molar-refractivity contribution is 5.85. The largest absolute Gasteiger partial charge is 0.377 e. The molecule has 29 heavy (non-hydrogen) atoms. The van der Waals surface area contributed by atoms with E-state index in [0.717, 1.165) is 19.5 Å². The number of methoxy groups -OCH3 is 1. The van der Waals surface area contributed by atoms with Crippen LogP contribution < -0.4 is 0 Å². The van der Waals surface area contributed by atoms with E-state index in [9.17, 15) is 0 Å². The predicted molar refractivity (Wildman–Crippen MR) is 125 cm³/mol. The first-order chi connectivity index (χ1) is 14.3. The van der Waals surface area contributed by atoms with Crippen LogP contribution in [-0.4, -0.2) is 24.7 Å². The van der Waals surface area contributed by atoms with Gasteiger partial charge in [-0.1, -0.05) is 100 Å². The first-order valence-electron chi connectivity index (χ1n) is 11.4. The highest BCUT2D eigenvalue weighted by Gasteiger charge is 2.14. The van der Waals surface area contributed by atoms with Crippen molar-refractivity contribution in [3.05, 3.63) is 72.0 Å². The van der Waals surface area contributed by atoms with Crippen LogP contribution >= 0.6 is 0 Å². The van der Waals surface area contributed by atoms with Crippen LogP contribution in [-0.2, 0) is 11.3 Å². The van der Waals surface area contributed by atoms with Crippen LogP contribution in [0.15, 0.2) is 66.4 Å². The molecule has 2 aromatic rings. The molecule has 0 fully saturated rings. The van der Waals surface area contributed by atoms with Gasteiger partial charge in [0.1, 0.15) is 0 Å². The molecule has 1 aliphatic carbocycles.